The molecule has 2 aromatic carbocycles. The van der Waals surface area contributed by atoms with Crippen LogP contribution in [0.25, 0.3) is 0 Å². The Kier molecular flexibility index (Phi) is 6.27. The molecular weight excluding hydrogens is 362 g/mol. The third kappa shape index (κ3) is 5.65. The van der Waals surface area contributed by atoms with Crippen molar-refractivity contribution in [3.05, 3.63) is 59.1 Å². The summed E-state index contributed by atoms with van der Waals surface area (Å²) in [6.07, 6.45) is 1.13. The predicted molar refractivity (Wildman–Crippen MR) is 102 cm³/mol. The first-order valence-corrected chi connectivity index (χ1v) is 9.84. The number of sulfonamides is 1. The fourth-order valence-corrected chi connectivity index (χ4v) is 3.54. The fraction of sp³-hybridized carbons (Fsp3) is 0.235. The summed E-state index contributed by atoms with van der Waals surface area (Å²) in [5, 5.41) is 5.87. The molecular formula is C17H20ClN3O3S. The van der Waals surface area contributed by atoms with Crippen molar-refractivity contribution in [1.82, 2.24) is 5.32 Å². The molecule has 2 rings (SSSR count). The van der Waals surface area contributed by atoms with Gasteiger partial charge in [-0.05, 0) is 42.8 Å². The molecule has 0 unspecified atom stereocenters. The maximum absolute atomic E-state index is 12.1. The Morgan fingerprint density at radius 1 is 1.16 bits per heavy atom. The van der Waals surface area contributed by atoms with Crippen LogP contribution in [0.5, 0.6) is 0 Å². The zero-order valence-electron chi connectivity index (χ0n) is 14.0. The molecule has 0 bridgehead atoms. The molecule has 0 radical (unpaired) electrons. The molecule has 0 aliphatic heterocycles. The molecule has 0 saturated heterocycles. The van der Waals surface area contributed by atoms with Gasteiger partial charge in [0, 0.05) is 17.3 Å². The van der Waals surface area contributed by atoms with E-state index in [-0.39, 0.29) is 13.1 Å². The number of anilines is 2. The van der Waals surface area contributed by atoms with Crippen molar-refractivity contribution in [2.24, 2.45) is 0 Å². The molecule has 2 amide bonds. The first-order chi connectivity index (χ1) is 11.8. The molecule has 0 spiro atoms. The van der Waals surface area contributed by atoms with Gasteiger partial charge in [-0.1, -0.05) is 29.8 Å². The van der Waals surface area contributed by atoms with Gasteiger partial charge in [0.15, 0.2) is 0 Å². The van der Waals surface area contributed by atoms with Gasteiger partial charge in [0.2, 0.25) is 10.0 Å². The first kappa shape index (κ1) is 19.1. The van der Waals surface area contributed by atoms with Crippen molar-refractivity contribution in [2.75, 3.05) is 29.0 Å². The van der Waals surface area contributed by atoms with Crippen LogP contribution in [0.2, 0.25) is 5.02 Å². The summed E-state index contributed by atoms with van der Waals surface area (Å²) in [5.41, 5.74) is 1.94. The summed E-state index contributed by atoms with van der Waals surface area (Å²) in [5.74, 6) is 0. The largest absolute Gasteiger partial charge is 0.336 e. The zero-order chi connectivity index (χ0) is 18.4. The smallest absolute Gasteiger partial charge is 0.319 e. The fourth-order valence-electron chi connectivity index (χ4n) is 2.33. The number of benzene rings is 2. The molecule has 0 saturated carbocycles. The Morgan fingerprint density at radius 3 is 2.44 bits per heavy atom. The Labute approximate surface area is 152 Å². The number of hydrogen-bond acceptors (Lipinski definition) is 3. The summed E-state index contributed by atoms with van der Waals surface area (Å²) in [4.78, 5) is 11.9. The highest BCUT2D eigenvalue weighted by atomic mass is 35.5. The highest BCUT2D eigenvalue weighted by Gasteiger charge is 2.19. The van der Waals surface area contributed by atoms with Gasteiger partial charge in [-0.3, -0.25) is 4.31 Å². The van der Waals surface area contributed by atoms with Gasteiger partial charge in [0.05, 0.1) is 18.5 Å². The number of nitrogens with one attached hydrogen (secondary N) is 2. The molecule has 0 heterocycles. The van der Waals surface area contributed by atoms with Crippen molar-refractivity contribution >= 4 is 39.0 Å². The average Bonchev–Trinajstić information content (AvgIpc) is 2.52. The molecule has 0 atom stereocenters. The number of rotatable bonds is 6. The van der Waals surface area contributed by atoms with E-state index in [0.29, 0.717) is 16.4 Å². The molecule has 6 nitrogen and oxygen atoms in total. The monoisotopic (exact) mass is 381 g/mol. The van der Waals surface area contributed by atoms with E-state index in [2.05, 4.69) is 10.6 Å². The second kappa shape index (κ2) is 8.22. The summed E-state index contributed by atoms with van der Waals surface area (Å²) in [6.45, 7) is 2.06. The number of urea groups is 1. The van der Waals surface area contributed by atoms with Crippen molar-refractivity contribution in [3.63, 3.8) is 0 Å². The van der Waals surface area contributed by atoms with Crippen LogP contribution in [0.4, 0.5) is 16.2 Å². The lowest BCUT2D eigenvalue weighted by Crippen LogP contribution is -2.39. The van der Waals surface area contributed by atoms with E-state index in [1.807, 2.05) is 18.2 Å². The quantitative estimate of drug-likeness (QED) is 0.806. The van der Waals surface area contributed by atoms with Crippen LogP contribution in [-0.2, 0) is 10.0 Å². The number of nitrogens with zero attached hydrogens (tertiary/aromatic N) is 1. The van der Waals surface area contributed by atoms with E-state index < -0.39 is 16.1 Å². The first-order valence-electron chi connectivity index (χ1n) is 7.61. The second-order valence-corrected chi connectivity index (χ2v) is 7.86. The van der Waals surface area contributed by atoms with Gasteiger partial charge in [0.1, 0.15) is 0 Å². The third-order valence-corrected chi connectivity index (χ3v) is 4.88. The van der Waals surface area contributed by atoms with Gasteiger partial charge in [0.25, 0.3) is 0 Å². The van der Waals surface area contributed by atoms with Gasteiger partial charge < -0.3 is 10.6 Å². The van der Waals surface area contributed by atoms with E-state index in [0.717, 1.165) is 11.8 Å². The number of hydrogen-bond donors (Lipinski definition) is 2. The highest BCUT2D eigenvalue weighted by molar-refractivity contribution is 7.92. The number of amides is 2. The van der Waals surface area contributed by atoms with Crippen LogP contribution in [0, 0.1) is 6.92 Å². The third-order valence-electron chi connectivity index (χ3n) is 3.46. The Morgan fingerprint density at radius 2 is 1.84 bits per heavy atom. The molecule has 8 heteroatoms. The standard InChI is InChI=1S/C17H20ClN3O3S/c1-13-12-14(18)8-9-16(13)21(25(2,23)24)11-10-19-17(22)20-15-6-4-3-5-7-15/h3-9,12H,10-11H2,1-2H3,(H2,19,20,22). The van der Waals surface area contributed by atoms with Crippen LogP contribution >= 0.6 is 11.6 Å². The Balaban J connectivity index is 2.00. The topological polar surface area (TPSA) is 78.5 Å². The predicted octanol–water partition coefficient (Wildman–Crippen LogP) is 3.24. The van der Waals surface area contributed by atoms with E-state index in [1.165, 1.54) is 4.31 Å². The molecule has 2 N–H and O–H groups in total. The Hall–Kier alpha value is -2.25. The van der Waals surface area contributed by atoms with Gasteiger partial charge in [-0.25, -0.2) is 13.2 Å². The lowest BCUT2D eigenvalue weighted by atomic mass is 10.2. The molecule has 0 aliphatic carbocycles. The molecule has 0 aliphatic rings. The molecule has 0 aromatic heterocycles. The summed E-state index contributed by atoms with van der Waals surface area (Å²) in [6, 6.07) is 13.6. The summed E-state index contributed by atoms with van der Waals surface area (Å²) >= 11 is 5.93. The maximum atomic E-state index is 12.1. The van der Waals surface area contributed by atoms with Crippen LogP contribution in [-0.4, -0.2) is 33.8 Å². The summed E-state index contributed by atoms with van der Waals surface area (Å²) in [7, 11) is -3.49. The van der Waals surface area contributed by atoms with Crippen LogP contribution < -0.4 is 14.9 Å². The molecule has 0 fully saturated rings. The number of carbonyl (C=O) groups is 1. The lowest BCUT2D eigenvalue weighted by molar-refractivity contribution is 0.252. The van der Waals surface area contributed by atoms with E-state index in [4.69, 9.17) is 11.6 Å². The number of halogens is 1. The van der Waals surface area contributed by atoms with Gasteiger partial charge in [-0.15, -0.1) is 0 Å². The van der Waals surface area contributed by atoms with Crippen LogP contribution in [0.15, 0.2) is 48.5 Å². The maximum Gasteiger partial charge on any atom is 0.319 e. The van der Waals surface area contributed by atoms with Crippen LogP contribution in [0.1, 0.15) is 5.56 Å². The average molecular weight is 382 g/mol. The van der Waals surface area contributed by atoms with Crippen molar-refractivity contribution < 1.29 is 13.2 Å². The van der Waals surface area contributed by atoms with Gasteiger partial charge >= 0.3 is 6.03 Å². The second-order valence-electron chi connectivity index (χ2n) is 5.51. The van der Waals surface area contributed by atoms with E-state index in [1.54, 1.807) is 37.3 Å². The molecule has 134 valence electrons. The Bertz CT molecular complexity index is 841. The van der Waals surface area contributed by atoms with Gasteiger partial charge in [-0.2, -0.15) is 0 Å². The molecule has 2 aromatic rings. The zero-order valence-corrected chi connectivity index (χ0v) is 15.6. The van der Waals surface area contributed by atoms with E-state index >= 15 is 0 Å². The number of aryl methyl sites for hydroxylation is 1. The normalized spacial score (nSPS) is 11.0. The van der Waals surface area contributed by atoms with Crippen molar-refractivity contribution in [2.45, 2.75) is 6.92 Å². The summed E-state index contributed by atoms with van der Waals surface area (Å²) < 4.78 is 25.5. The van der Waals surface area contributed by atoms with E-state index in [9.17, 15) is 13.2 Å². The van der Waals surface area contributed by atoms with Crippen molar-refractivity contribution in [3.8, 4) is 0 Å². The van der Waals surface area contributed by atoms with Crippen molar-refractivity contribution in [1.29, 1.82) is 0 Å². The minimum atomic E-state index is -3.49. The number of para-hydroxylation sites is 1. The molecule has 25 heavy (non-hydrogen) atoms. The highest BCUT2D eigenvalue weighted by Crippen LogP contribution is 2.25. The number of carbonyl (C=O) groups excluding carboxylic acids is 1. The van der Waals surface area contributed by atoms with Crippen LogP contribution in [0.3, 0.4) is 0 Å². The SMILES string of the molecule is Cc1cc(Cl)ccc1N(CCNC(=O)Nc1ccccc1)S(C)(=O)=O. The minimum absolute atomic E-state index is 0.115. The lowest BCUT2D eigenvalue weighted by Gasteiger charge is -2.24. The minimum Gasteiger partial charge on any atom is -0.336 e.